The molecule has 6 nitrogen and oxygen atoms in total. The van der Waals surface area contributed by atoms with E-state index in [0.717, 1.165) is 30.6 Å². The second kappa shape index (κ2) is 6.94. The third-order valence-electron chi connectivity index (χ3n) is 4.67. The van der Waals surface area contributed by atoms with Crippen LogP contribution in [0.3, 0.4) is 0 Å². The van der Waals surface area contributed by atoms with Crippen molar-refractivity contribution in [1.29, 1.82) is 0 Å². The lowest BCUT2D eigenvalue weighted by molar-refractivity contribution is -0.136. The molecule has 0 bridgehead atoms. The van der Waals surface area contributed by atoms with Crippen LogP contribution < -0.4 is 14.8 Å². The molecule has 0 spiro atoms. The van der Waals surface area contributed by atoms with Gasteiger partial charge in [-0.1, -0.05) is 12.1 Å². The smallest absolute Gasteiger partial charge is 0.242 e. The number of nitrogens with one attached hydrogen (secondary N) is 1. The van der Waals surface area contributed by atoms with Crippen LogP contribution in [0.1, 0.15) is 39.2 Å². The van der Waals surface area contributed by atoms with Crippen molar-refractivity contribution in [3.63, 3.8) is 0 Å². The number of likely N-dealkylation sites (tertiary alicyclic amines) is 1. The van der Waals surface area contributed by atoms with Crippen molar-refractivity contribution in [2.75, 3.05) is 19.7 Å². The first-order valence-electron chi connectivity index (χ1n) is 8.86. The van der Waals surface area contributed by atoms with E-state index < -0.39 is 0 Å². The summed E-state index contributed by atoms with van der Waals surface area (Å²) in [4.78, 5) is 25.4. The average Bonchev–Trinajstić information content (AvgIpc) is 3.14. The first-order valence-corrected chi connectivity index (χ1v) is 8.86. The average molecular weight is 346 g/mol. The first-order chi connectivity index (χ1) is 11.9. The van der Waals surface area contributed by atoms with Crippen LogP contribution in [0, 0.1) is 0 Å². The summed E-state index contributed by atoms with van der Waals surface area (Å²) in [6, 6.07) is 5.55. The van der Waals surface area contributed by atoms with E-state index in [2.05, 4.69) is 25.2 Å². The van der Waals surface area contributed by atoms with Crippen molar-refractivity contribution in [2.24, 2.45) is 0 Å². The van der Waals surface area contributed by atoms with E-state index in [1.165, 1.54) is 6.92 Å². The minimum absolute atomic E-state index is 0.0477. The van der Waals surface area contributed by atoms with Crippen LogP contribution in [0.4, 0.5) is 0 Å². The standard InChI is InChI=1S/C19H26N2O4/c1-13(22)21-10-5-7-15(21)18(23)20-9-11-24-16-8-4-6-14-12-19(2,3)25-17(14)16/h4,6,8,15H,5,7,9-12H2,1-3H3,(H,20,23)/t15-/m1/s1. The zero-order valence-electron chi connectivity index (χ0n) is 15.1. The van der Waals surface area contributed by atoms with E-state index in [1.807, 2.05) is 12.1 Å². The van der Waals surface area contributed by atoms with Gasteiger partial charge in [-0.3, -0.25) is 9.59 Å². The molecule has 2 aliphatic heterocycles. The Balaban J connectivity index is 1.49. The number of benzene rings is 1. The van der Waals surface area contributed by atoms with Gasteiger partial charge in [0.15, 0.2) is 11.5 Å². The van der Waals surface area contributed by atoms with Crippen molar-refractivity contribution in [3.8, 4) is 11.5 Å². The highest BCUT2D eigenvalue weighted by Crippen LogP contribution is 2.41. The molecule has 1 N–H and O–H groups in total. The molecule has 136 valence electrons. The van der Waals surface area contributed by atoms with E-state index in [-0.39, 0.29) is 23.5 Å². The molecule has 0 saturated carbocycles. The Labute approximate surface area is 148 Å². The van der Waals surface area contributed by atoms with E-state index in [4.69, 9.17) is 9.47 Å². The number of nitrogens with zero attached hydrogens (tertiary/aromatic N) is 1. The Bertz CT molecular complexity index is 671. The Morgan fingerprint density at radius 2 is 2.20 bits per heavy atom. The molecule has 1 fully saturated rings. The SMILES string of the molecule is CC(=O)N1CCC[C@@H]1C(=O)NCCOc1cccc2c1OC(C)(C)C2. The molecule has 0 aromatic heterocycles. The Morgan fingerprint density at radius 1 is 1.40 bits per heavy atom. The predicted molar refractivity (Wildman–Crippen MR) is 93.8 cm³/mol. The molecule has 1 atom stereocenters. The summed E-state index contributed by atoms with van der Waals surface area (Å²) in [5.74, 6) is 1.36. The zero-order valence-corrected chi connectivity index (χ0v) is 15.1. The summed E-state index contributed by atoms with van der Waals surface area (Å²) in [5.41, 5.74) is 0.934. The first kappa shape index (κ1) is 17.6. The Kier molecular flexibility index (Phi) is 4.88. The van der Waals surface area contributed by atoms with E-state index in [9.17, 15) is 9.59 Å². The summed E-state index contributed by atoms with van der Waals surface area (Å²) in [6.07, 6.45) is 2.46. The molecule has 25 heavy (non-hydrogen) atoms. The molecular weight excluding hydrogens is 320 g/mol. The van der Waals surface area contributed by atoms with Crippen molar-refractivity contribution < 1.29 is 19.1 Å². The maximum atomic E-state index is 12.3. The summed E-state index contributed by atoms with van der Waals surface area (Å²) in [6.45, 7) is 7.03. The number of carbonyl (C=O) groups is 2. The van der Waals surface area contributed by atoms with Crippen LogP contribution in [-0.2, 0) is 16.0 Å². The number of carbonyl (C=O) groups excluding carboxylic acids is 2. The fraction of sp³-hybridized carbons (Fsp3) is 0.579. The summed E-state index contributed by atoms with van der Waals surface area (Å²) >= 11 is 0. The molecule has 1 aromatic carbocycles. The molecule has 2 heterocycles. The molecule has 1 saturated heterocycles. The summed E-state index contributed by atoms with van der Waals surface area (Å²) < 4.78 is 11.8. The highest BCUT2D eigenvalue weighted by atomic mass is 16.5. The van der Waals surface area contributed by atoms with Gasteiger partial charge in [-0.15, -0.1) is 0 Å². The monoisotopic (exact) mass is 346 g/mol. The quantitative estimate of drug-likeness (QED) is 0.827. The van der Waals surface area contributed by atoms with E-state index in [0.29, 0.717) is 25.4 Å². The summed E-state index contributed by atoms with van der Waals surface area (Å²) in [7, 11) is 0. The van der Waals surface area contributed by atoms with E-state index >= 15 is 0 Å². The van der Waals surface area contributed by atoms with Crippen LogP contribution in [0.2, 0.25) is 0 Å². The van der Waals surface area contributed by atoms with Gasteiger partial charge in [0.1, 0.15) is 18.2 Å². The lowest BCUT2D eigenvalue weighted by atomic mass is 10.0. The molecule has 3 rings (SSSR count). The minimum Gasteiger partial charge on any atom is -0.488 e. The van der Waals surface area contributed by atoms with Crippen LogP contribution >= 0.6 is 0 Å². The molecule has 6 heteroatoms. The van der Waals surface area contributed by atoms with Crippen molar-refractivity contribution >= 4 is 11.8 Å². The van der Waals surface area contributed by atoms with Gasteiger partial charge in [-0.2, -0.15) is 0 Å². The van der Waals surface area contributed by atoms with Gasteiger partial charge >= 0.3 is 0 Å². The third kappa shape index (κ3) is 3.89. The Hall–Kier alpha value is -2.24. The normalized spacial score (nSPS) is 20.8. The molecular formula is C19H26N2O4. The molecule has 0 radical (unpaired) electrons. The fourth-order valence-corrected chi connectivity index (χ4v) is 3.57. The van der Waals surface area contributed by atoms with Gasteiger partial charge in [0, 0.05) is 25.5 Å². The van der Waals surface area contributed by atoms with Gasteiger partial charge in [0.25, 0.3) is 0 Å². The number of hydrogen-bond donors (Lipinski definition) is 1. The van der Waals surface area contributed by atoms with Gasteiger partial charge in [-0.25, -0.2) is 0 Å². The van der Waals surface area contributed by atoms with Crippen molar-refractivity contribution in [2.45, 2.75) is 51.7 Å². The second-order valence-electron chi connectivity index (χ2n) is 7.29. The van der Waals surface area contributed by atoms with Crippen LogP contribution in [0.5, 0.6) is 11.5 Å². The number of rotatable bonds is 5. The lowest BCUT2D eigenvalue weighted by Gasteiger charge is -2.22. The molecule has 2 aliphatic rings. The topological polar surface area (TPSA) is 67.9 Å². The highest BCUT2D eigenvalue weighted by molar-refractivity contribution is 5.87. The fourth-order valence-electron chi connectivity index (χ4n) is 3.57. The zero-order chi connectivity index (χ0) is 18.0. The van der Waals surface area contributed by atoms with Gasteiger partial charge in [0.05, 0.1) is 6.54 Å². The predicted octanol–water partition coefficient (Wildman–Crippen LogP) is 1.91. The largest absolute Gasteiger partial charge is 0.488 e. The third-order valence-corrected chi connectivity index (χ3v) is 4.67. The minimum atomic E-state index is -0.345. The number of hydrogen-bond acceptors (Lipinski definition) is 4. The number of amides is 2. The molecule has 0 unspecified atom stereocenters. The Morgan fingerprint density at radius 3 is 2.96 bits per heavy atom. The van der Waals surface area contributed by atoms with Gasteiger partial charge in [0.2, 0.25) is 11.8 Å². The second-order valence-corrected chi connectivity index (χ2v) is 7.29. The highest BCUT2D eigenvalue weighted by Gasteiger charge is 2.33. The number of para-hydroxylation sites is 1. The van der Waals surface area contributed by atoms with Gasteiger partial charge in [-0.05, 0) is 32.8 Å². The maximum Gasteiger partial charge on any atom is 0.242 e. The summed E-state index contributed by atoms with van der Waals surface area (Å²) in [5, 5.41) is 2.87. The number of fused-ring (bicyclic) bond motifs is 1. The van der Waals surface area contributed by atoms with Crippen LogP contribution in [-0.4, -0.2) is 48.1 Å². The molecule has 0 aliphatic carbocycles. The number of ether oxygens (including phenoxy) is 2. The lowest BCUT2D eigenvalue weighted by Crippen LogP contribution is -2.46. The van der Waals surface area contributed by atoms with Crippen LogP contribution in [0.15, 0.2) is 18.2 Å². The molecule has 2 amide bonds. The van der Waals surface area contributed by atoms with Crippen LogP contribution in [0.25, 0.3) is 0 Å². The molecule has 1 aromatic rings. The van der Waals surface area contributed by atoms with Crippen molar-refractivity contribution in [3.05, 3.63) is 23.8 Å². The maximum absolute atomic E-state index is 12.3. The van der Waals surface area contributed by atoms with Crippen molar-refractivity contribution in [1.82, 2.24) is 10.2 Å². The van der Waals surface area contributed by atoms with Gasteiger partial charge < -0.3 is 19.7 Å². The van der Waals surface area contributed by atoms with E-state index in [1.54, 1.807) is 4.90 Å².